The first-order valence-corrected chi connectivity index (χ1v) is 8.50. The molecule has 3 aliphatic carbocycles. The fourth-order valence-corrected chi connectivity index (χ4v) is 6.09. The van der Waals surface area contributed by atoms with Crippen molar-refractivity contribution >= 4 is 11.8 Å². The van der Waals surface area contributed by atoms with E-state index in [-0.39, 0.29) is 16.6 Å². The number of hydrogen-bond donors (Lipinski definition) is 2. The van der Waals surface area contributed by atoms with E-state index < -0.39 is 22.9 Å². The number of rotatable bonds is 1. The molecule has 0 aromatic rings. The van der Waals surface area contributed by atoms with Crippen LogP contribution in [0.1, 0.15) is 66.7 Å². The Bertz CT molecular complexity index is 627. The van der Waals surface area contributed by atoms with Gasteiger partial charge in [0.1, 0.15) is 6.10 Å². The highest BCUT2D eigenvalue weighted by Gasteiger charge is 2.62. The molecule has 2 bridgehead atoms. The summed E-state index contributed by atoms with van der Waals surface area (Å²) in [6.45, 7) is 10.1. The van der Waals surface area contributed by atoms with Gasteiger partial charge in [-0.3, -0.25) is 9.59 Å². The SMILES string of the molecule is CC1(C)CC2(C)CC3=C(C(=O)C(O)C(C)(C)C3)C(C(=O)O)(C1)C2. The first kappa shape index (κ1) is 16.7. The van der Waals surface area contributed by atoms with Gasteiger partial charge in [-0.25, -0.2) is 0 Å². The molecule has 0 aromatic heterocycles. The standard InChI is InChI=1S/C19H28O4/c1-16(2)8-18(5)7-11-6-17(3,4)14(21)13(20)12(11)19(9-16,10-18)15(22)23/h14,21H,6-10H2,1-5H3,(H,22,23). The second-order valence-electron chi connectivity index (χ2n) is 9.98. The Hall–Kier alpha value is -1.16. The molecule has 0 saturated heterocycles. The average molecular weight is 320 g/mol. The minimum absolute atomic E-state index is 0.0857. The summed E-state index contributed by atoms with van der Waals surface area (Å²) in [5, 5.41) is 20.5. The summed E-state index contributed by atoms with van der Waals surface area (Å²) in [5.41, 5.74) is -0.440. The highest BCUT2D eigenvalue weighted by atomic mass is 16.4. The molecule has 3 atom stereocenters. The molecule has 23 heavy (non-hydrogen) atoms. The van der Waals surface area contributed by atoms with Crippen LogP contribution in [-0.2, 0) is 9.59 Å². The smallest absolute Gasteiger partial charge is 0.314 e. The molecule has 1 fully saturated rings. The van der Waals surface area contributed by atoms with E-state index in [0.717, 1.165) is 18.4 Å². The van der Waals surface area contributed by atoms with E-state index in [0.29, 0.717) is 24.8 Å². The molecule has 3 rings (SSSR count). The van der Waals surface area contributed by atoms with Crippen LogP contribution in [0.4, 0.5) is 0 Å². The molecule has 4 heteroatoms. The molecule has 0 aliphatic heterocycles. The Morgan fingerprint density at radius 1 is 1.04 bits per heavy atom. The maximum absolute atomic E-state index is 12.9. The fraction of sp³-hybridized carbons (Fsp3) is 0.789. The highest BCUT2D eigenvalue weighted by Crippen LogP contribution is 2.65. The van der Waals surface area contributed by atoms with E-state index in [1.54, 1.807) is 0 Å². The number of hydrogen-bond acceptors (Lipinski definition) is 3. The van der Waals surface area contributed by atoms with Gasteiger partial charge in [0.25, 0.3) is 0 Å². The molecule has 1 saturated carbocycles. The second kappa shape index (κ2) is 4.47. The molecule has 4 nitrogen and oxygen atoms in total. The van der Waals surface area contributed by atoms with E-state index >= 15 is 0 Å². The number of allylic oxidation sites excluding steroid dienone is 1. The maximum Gasteiger partial charge on any atom is 0.314 e. The van der Waals surface area contributed by atoms with Gasteiger partial charge in [0.15, 0.2) is 5.78 Å². The van der Waals surface area contributed by atoms with E-state index in [4.69, 9.17) is 0 Å². The van der Waals surface area contributed by atoms with Gasteiger partial charge in [0, 0.05) is 11.0 Å². The van der Waals surface area contributed by atoms with E-state index in [1.165, 1.54) is 0 Å². The zero-order valence-electron chi connectivity index (χ0n) is 14.8. The molecule has 0 heterocycles. The summed E-state index contributed by atoms with van der Waals surface area (Å²) in [4.78, 5) is 25.2. The lowest BCUT2D eigenvalue weighted by molar-refractivity contribution is -0.160. The third-order valence-electron chi connectivity index (χ3n) is 6.20. The Labute approximate surface area is 138 Å². The number of carboxylic acid groups (broad SMARTS) is 1. The van der Waals surface area contributed by atoms with Crippen LogP contribution >= 0.6 is 0 Å². The first-order chi connectivity index (χ1) is 10.3. The molecule has 0 radical (unpaired) electrons. The number of Topliss-reactive ketones (excluding diaryl/α,β-unsaturated/α-hetero) is 1. The molecule has 2 N–H and O–H groups in total. The summed E-state index contributed by atoms with van der Waals surface area (Å²) in [7, 11) is 0. The summed E-state index contributed by atoms with van der Waals surface area (Å²) in [6, 6.07) is 0. The van der Waals surface area contributed by atoms with Crippen molar-refractivity contribution in [3.05, 3.63) is 11.1 Å². The van der Waals surface area contributed by atoms with Gasteiger partial charge in [-0.2, -0.15) is 0 Å². The normalized spacial score (nSPS) is 41.5. The number of fused-ring (bicyclic) bond motifs is 3. The van der Waals surface area contributed by atoms with Crippen molar-refractivity contribution in [2.45, 2.75) is 72.8 Å². The molecule has 128 valence electrons. The van der Waals surface area contributed by atoms with Crippen molar-refractivity contribution in [2.24, 2.45) is 21.7 Å². The van der Waals surface area contributed by atoms with Crippen LogP contribution in [0.2, 0.25) is 0 Å². The number of aliphatic hydroxyl groups is 1. The van der Waals surface area contributed by atoms with Crippen molar-refractivity contribution in [1.29, 1.82) is 0 Å². The van der Waals surface area contributed by atoms with Crippen LogP contribution in [0.3, 0.4) is 0 Å². The van der Waals surface area contributed by atoms with Crippen molar-refractivity contribution in [3.63, 3.8) is 0 Å². The number of aliphatic carboxylic acids is 1. The van der Waals surface area contributed by atoms with Crippen LogP contribution < -0.4 is 0 Å². The van der Waals surface area contributed by atoms with Gasteiger partial charge in [0.05, 0.1) is 5.41 Å². The fourth-order valence-electron chi connectivity index (χ4n) is 6.09. The minimum atomic E-state index is -1.13. The third kappa shape index (κ3) is 2.29. The van der Waals surface area contributed by atoms with Gasteiger partial charge in [-0.05, 0) is 42.9 Å². The predicted molar refractivity (Wildman–Crippen MR) is 86.9 cm³/mol. The van der Waals surface area contributed by atoms with E-state index in [9.17, 15) is 19.8 Å². The number of ketones is 1. The largest absolute Gasteiger partial charge is 0.481 e. The number of carboxylic acids is 1. The lowest BCUT2D eigenvalue weighted by Gasteiger charge is -2.57. The number of carbonyl (C=O) groups is 2. The van der Waals surface area contributed by atoms with Crippen molar-refractivity contribution in [2.75, 3.05) is 0 Å². The topological polar surface area (TPSA) is 74.6 Å². The zero-order chi connectivity index (χ0) is 17.4. The third-order valence-corrected chi connectivity index (χ3v) is 6.20. The number of carbonyl (C=O) groups excluding carboxylic acids is 1. The molecular weight excluding hydrogens is 292 g/mol. The maximum atomic E-state index is 12.9. The molecule has 0 spiro atoms. The molecule has 0 aromatic carbocycles. The van der Waals surface area contributed by atoms with E-state index in [2.05, 4.69) is 20.8 Å². The van der Waals surface area contributed by atoms with Crippen LogP contribution in [0.25, 0.3) is 0 Å². The van der Waals surface area contributed by atoms with Crippen molar-refractivity contribution in [3.8, 4) is 0 Å². The summed E-state index contributed by atoms with van der Waals surface area (Å²) >= 11 is 0. The molecule has 0 amide bonds. The monoisotopic (exact) mass is 320 g/mol. The average Bonchev–Trinajstić information content (AvgIpc) is 2.31. The summed E-state index contributed by atoms with van der Waals surface area (Å²) < 4.78 is 0. The predicted octanol–water partition coefficient (Wildman–Crippen LogP) is 3.33. The lowest BCUT2D eigenvalue weighted by Crippen LogP contribution is -2.56. The number of aliphatic hydroxyl groups excluding tert-OH is 1. The molecular formula is C19H28O4. The summed E-state index contributed by atoms with van der Waals surface area (Å²) in [5.74, 6) is -1.25. The van der Waals surface area contributed by atoms with Gasteiger partial charge in [-0.15, -0.1) is 0 Å². The van der Waals surface area contributed by atoms with E-state index in [1.807, 2.05) is 13.8 Å². The Morgan fingerprint density at radius 2 is 1.65 bits per heavy atom. The van der Waals surface area contributed by atoms with Gasteiger partial charge < -0.3 is 10.2 Å². The Kier molecular flexibility index (Phi) is 3.24. The lowest BCUT2D eigenvalue weighted by atomic mass is 9.45. The van der Waals surface area contributed by atoms with Crippen LogP contribution in [0, 0.1) is 21.7 Å². The highest BCUT2D eigenvalue weighted by molar-refractivity contribution is 6.07. The quantitative estimate of drug-likeness (QED) is 0.777. The molecule has 3 unspecified atom stereocenters. The zero-order valence-corrected chi connectivity index (χ0v) is 14.8. The summed E-state index contributed by atoms with van der Waals surface area (Å²) in [6.07, 6.45) is 2.25. The second-order valence-corrected chi connectivity index (χ2v) is 9.98. The first-order valence-electron chi connectivity index (χ1n) is 8.50. The van der Waals surface area contributed by atoms with Crippen LogP contribution in [0.5, 0.6) is 0 Å². The Balaban J connectivity index is 2.24. The van der Waals surface area contributed by atoms with Crippen molar-refractivity contribution < 1.29 is 19.8 Å². The van der Waals surface area contributed by atoms with Crippen molar-refractivity contribution in [1.82, 2.24) is 0 Å². The van der Waals surface area contributed by atoms with Gasteiger partial charge in [-0.1, -0.05) is 40.2 Å². The van der Waals surface area contributed by atoms with Gasteiger partial charge in [0.2, 0.25) is 0 Å². The van der Waals surface area contributed by atoms with Gasteiger partial charge >= 0.3 is 5.97 Å². The van der Waals surface area contributed by atoms with Crippen LogP contribution in [-0.4, -0.2) is 28.1 Å². The minimum Gasteiger partial charge on any atom is -0.481 e. The van der Waals surface area contributed by atoms with Crippen LogP contribution in [0.15, 0.2) is 11.1 Å². The Morgan fingerprint density at radius 3 is 2.22 bits per heavy atom. The molecule has 3 aliphatic rings.